The first kappa shape index (κ1) is 17.6. The molecule has 24 heavy (non-hydrogen) atoms. The molecular weight excluding hydrogens is 346 g/mol. The summed E-state index contributed by atoms with van der Waals surface area (Å²) < 4.78 is 16.6. The van der Waals surface area contributed by atoms with Gasteiger partial charge in [-0.2, -0.15) is 11.8 Å². The van der Waals surface area contributed by atoms with E-state index < -0.39 is 0 Å². The number of thioether (sulfide) groups is 2. The largest absolute Gasteiger partial charge is 0.493 e. The molecule has 0 N–H and O–H groups in total. The summed E-state index contributed by atoms with van der Waals surface area (Å²) in [6.07, 6.45) is 0. The van der Waals surface area contributed by atoms with Crippen LogP contribution in [0, 0.1) is 0 Å². The lowest BCUT2D eigenvalue weighted by atomic mass is 10.1. The molecule has 0 saturated carbocycles. The standard InChI is InChI=1S/C17H23NO4S2/c1-17(2,3)24-6-5-18-14(19)9-23-16(18)11-7-12(20-4)15-13(8-11)21-10-22-15/h7-8,16H,5-6,9-10H2,1-4H3. The van der Waals surface area contributed by atoms with Crippen LogP contribution in [0.1, 0.15) is 31.7 Å². The highest BCUT2D eigenvalue weighted by molar-refractivity contribution is 8.01. The van der Waals surface area contributed by atoms with Gasteiger partial charge in [-0.3, -0.25) is 4.79 Å². The lowest BCUT2D eigenvalue weighted by Gasteiger charge is -2.26. The van der Waals surface area contributed by atoms with E-state index in [0.29, 0.717) is 23.0 Å². The molecule has 0 aliphatic carbocycles. The van der Waals surface area contributed by atoms with E-state index in [4.69, 9.17) is 14.2 Å². The van der Waals surface area contributed by atoms with E-state index in [9.17, 15) is 4.79 Å². The van der Waals surface area contributed by atoms with Gasteiger partial charge in [0.1, 0.15) is 5.37 Å². The van der Waals surface area contributed by atoms with Crippen molar-refractivity contribution < 1.29 is 19.0 Å². The topological polar surface area (TPSA) is 48.0 Å². The van der Waals surface area contributed by atoms with Gasteiger partial charge in [0.15, 0.2) is 11.5 Å². The maximum atomic E-state index is 12.3. The molecule has 1 atom stereocenters. The molecule has 7 heteroatoms. The molecule has 0 aromatic heterocycles. The molecular formula is C17H23NO4S2. The third-order valence-corrected chi connectivity index (χ3v) is 6.31. The van der Waals surface area contributed by atoms with Gasteiger partial charge in [-0.05, 0) is 17.7 Å². The van der Waals surface area contributed by atoms with Crippen molar-refractivity contribution in [2.45, 2.75) is 30.9 Å². The second kappa shape index (κ2) is 6.96. The van der Waals surface area contributed by atoms with Crippen molar-refractivity contribution in [3.63, 3.8) is 0 Å². The number of methoxy groups -OCH3 is 1. The van der Waals surface area contributed by atoms with Gasteiger partial charge in [-0.15, -0.1) is 11.8 Å². The molecule has 1 amide bonds. The Kier molecular flexibility index (Phi) is 5.11. The van der Waals surface area contributed by atoms with Crippen LogP contribution >= 0.6 is 23.5 Å². The first-order valence-corrected chi connectivity index (χ1v) is 9.95. The molecule has 5 nitrogen and oxygen atoms in total. The summed E-state index contributed by atoms with van der Waals surface area (Å²) in [4.78, 5) is 14.3. The highest BCUT2D eigenvalue weighted by atomic mass is 32.2. The molecule has 0 spiro atoms. The molecule has 0 bridgehead atoms. The predicted octanol–water partition coefficient (Wildman–Crippen LogP) is 3.53. The Hall–Kier alpha value is -1.21. The second-order valence-electron chi connectivity index (χ2n) is 6.67. The Balaban J connectivity index is 1.78. The molecule has 1 aromatic carbocycles. The van der Waals surface area contributed by atoms with Crippen LogP contribution in [0.5, 0.6) is 17.2 Å². The summed E-state index contributed by atoms with van der Waals surface area (Å²) in [5, 5.41) is 0.00136. The van der Waals surface area contributed by atoms with Crippen LogP contribution in [-0.2, 0) is 4.79 Å². The fourth-order valence-electron chi connectivity index (χ4n) is 2.71. The number of carbonyl (C=O) groups is 1. The van der Waals surface area contributed by atoms with Gasteiger partial charge >= 0.3 is 0 Å². The molecule has 0 radical (unpaired) electrons. The smallest absolute Gasteiger partial charge is 0.233 e. The number of rotatable bonds is 5. The number of hydrogen-bond acceptors (Lipinski definition) is 6. The van der Waals surface area contributed by atoms with Gasteiger partial charge in [0.25, 0.3) is 0 Å². The van der Waals surface area contributed by atoms with Crippen LogP contribution in [-0.4, -0.2) is 47.5 Å². The molecule has 2 heterocycles. The zero-order valence-corrected chi connectivity index (χ0v) is 16.1. The lowest BCUT2D eigenvalue weighted by Crippen LogP contribution is -2.31. The van der Waals surface area contributed by atoms with Crippen molar-refractivity contribution in [3.8, 4) is 17.2 Å². The molecule has 1 fully saturated rings. The highest BCUT2D eigenvalue weighted by Crippen LogP contribution is 2.47. The summed E-state index contributed by atoms with van der Waals surface area (Å²) in [5.74, 6) is 3.62. The van der Waals surface area contributed by atoms with Crippen LogP contribution in [0.15, 0.2) is 12.1 Å². The number of carbonyl (C=O) groups excluding carboxylic acids is 1. The van der Waals surface area contributed by atoms with Crippen molar-refractivity contribution in [1.29, 1.82) is 0 Å². The summed E-state index contributed by atoms with van der Waals surface area (Å²) in [6, 6.07) is 3.92. The zero-order chi connectivity index (χ0) is 17.3. The number of amides is 1. The zero-order valence-electron chi connectivity index (χ0n) is 14.5. The third kappa shape index (κ3) is 3.72. The van der Waals surface area contributed by atoms with E-state index in [-0.39, 0.29) is 22.8 Å². The molecule has 2 aliphatic rings. The number of nitrogens with zero attached hydrogens (tertiary/aromatic N) is 1. The first-order valence-electron chi connectivity index (χ1n) is 7.91. The molecule has 3 rings (SSSR count). The van der Waals surface area contributed by atoms with Gasteiger partial charge < -0.3 is 19.1 Å². The van der Waals surface area contributed by atoms with Gasteiger partial charge in [0.2, 0.25) is 18.4 Å². The summed E-state index contributed by atoms with van der Waals surface area (Å²) in [6.45, 7) is 7.53. The Labute approximate surface area is 151 Å². The quantitative estimate of drug-likeness (QED) is 0.791. The molecule has 1 saturated heterocycles. The fourth-order valence-corrected chi connectivity index (χ4v) is 4.81. The SMILES string of the molecule is COc1cc(C2SCC(=O)N2CCSC(C)(C)C)cc2c1OCO2. The third-order valence-electron chi connectivity index (χ3n) is 3.80. The Bertz CT molecular complexity index is 630. The van der Waals surface area contributed by atoms with Gasteiger partial charge in [0.05, 0.1) is 12.9 Å². The molecule has 1 unspecified atom stereocenters. The minimum Gasteiger partial charge on any atom is -0.493 e. The Morgan fingerprint density at radius 1 is 1.38 bits per heavy atom. The normalized spacial score (nSPS) is 19.9. The van der Waals surface area contributed by atoms with Gasteiger partial charge in [-0.1, -0.05) is 20.8 Å². The van der Waals surface area contributed by atoms with E-state index in [2.05, 4.69) is 20.8 Å². The van der Waals surface area contributed by atoms with E-state index in [1.807, 2.05) is 28.8 Å². The Morgan fingerprint density at radius 3 is 2.88 bits per heavy atom. The van der Waals surface area contributed by atoms with Crippen LogP contribution in [0.3, 0.4) is 0 Å². The average molecular weight is 370 g/mol. The highest BCUT2D eigenvalue weighted by Gasteiger charge is 2.34. The molecule has 1 aromatic rings. The van der Waals surface area contributed by atoms with Crippen LogP contribution in [0.25, 0.3) is 0 Å². The number of hydrogen-bond donors (Lipinski definition) is 0. The molecule has 2 aliphatic heterocycles. The minimum atomic E-state index is 0.00136. The number of fused-ring (bicyclic) bond motifs is 1. The van der Waals surface area contributed by atoms with Gasteiger partial charge in [0, 0.05) is 17.0 Å². The van der Waals surface area contributed by atoms with E-state index in [1.165, 1.54) is 0 Å². The Morgan fingerprint density at radius 2 is 2.17 bits per heavy atom. The maximum Gasteiger partial charge on any atom is 0.233 e. The van der Waals surface area contributed by atoms with E-state index in [0.717, 1.165) is 17.9 Å². The summed E-state index contributed by atoms with van der Waals surface area (Å²) in [5.41, 5.74) is 1.02. The van der Waals surface area contributed by atoms with E-state index >= 15 is 0 Å². The summed E-state index contributed by atoms with van der Waals surface area (Å²) in [7, 11) is 1.62. The lowest BCUT2D eigenvalue weighted by molar-refractivity contribution is -0.127. The average Bonchev–Trinajstić information content (AvgIpc) is 3.12. The van der Waals surface area contributed by atoms with Crippen molar-refractivity contribution in [2.75, 3.05) is 32.0 Å². The predicted molar refractivity (Wildman–Crippen MR) is 98.2 cm³/mol. The second-order valence-corrected chi connectivity index (χ2v) is 9.66. The van der Waals surface area contributed by atoms with Crippen molar-refractivity contribution in [1.82, 2.24) is 4.90 Å². The van der Waals surface area contributed by atoms with Crippen molar-refractivity contribution in [3.05, 3.63) is 17.7 Å². The first-order chi connectivity index (χ1) is 11.4. The summed E-state index contributed by atoms with van der Waals surface area (Å²) >= 11 is 3.52. The minimum absolute atomic E-state index is 0.00136. The van der Waals surface area contributed by atoms with Crippen LogP contribution < -0.4 is 14.2 Å². The van der Waals surface area contributed by atoms with Crippen molar-refractivity contribution in [2.24, 2.45) is 0 Å². The van der Waals surface area contributed by atoms with Crippen molar-refractivity contribution >= 4 is 29.4 Å². The maximum absolute atomic E-state index is 12.3. The van der Waals surface area contributed by atoms with Crippen LogP contribution in [0.2, 0.25) is 0 Å². The van der Waals surface area contributed by atoms with E-state index in [1.54, 1.807) is 18.9 Å². The van der Waals surface area contributed by atoms with Gasteiger partial charge in [-0.25, -0.2) is 0 Å². The molecule has 132 valence electrons. The monoisotopic (exact) mass is 369 g/mol. The number of benzene rings is 1. The fraction of sp³-hybridized carbons (Fsp3) is 0.588. The van der Waals surface area contributed by atoms with Crippen LogP contribution in [0.4, 0.5) is 0 Å². The number of ether oxygens (including phenoxy) is 3.